The number of hydrogen-bond donors (Lipinski definition) is 1. The van der Waals surface area contributed by atoms with Gasteiger partial charge in [-0.3, -0.25) is 0 Å². The number of hydrogen-bond acceptors (Lipinski definition) is 2. The molecule has 1 fully saturated rings. The molecule has 0 saturated carbocycles. The highest BCUT2D eigenvalue weighted by Crippen LogP contribution is 2.28. The van der Waals surface area contributed by atoms with Gasteiger partial charge in [-0.1, -0.05) is 6.07 Å². The van der Waals surface area contributed by atoms with Gasteiger partial charge in [0, 0.05) is 6.54 Å². The normalized spacial score (nSPS) is 21.3. The third-order valence-electron chi connectivity index (χ3n) is 3.21. The molecule has 82 valence electrons. The smallest absolute Gasteiger partial charge is 0.119 e. The van der Waals surface area contributed by atoms with Gasteiger partial charge >= 0.3 is 0 Å². The summed E-state index contributed by atoms with van der Waals surface area (Å²) in [6.45, 7) is 4.46. The number of methoxy groups -OCH3 is 1. The van der Waals surface area contributed by atoms with Crippen molar-refractivity contribution in [3.63, 3.8) is 0 Å². The zero-order valence-corrected chi connectivity index (χ0v) is 9.55. The molecule has 0 aromatic heterocycles. The van der Waals surface area contributed by atoms with Crippen molar-refractivity contribution in [3.8, 4) is 5.75 Å². The van der Waals surface area contributed by atoms with Gasteiger partial charge in [-0.15, -0.1) is 0 Å². The Labute approximate surface area is 91.6 Å². The molecule has 0 spiro atoms. The monoisotopic (exact) mass is 205 g/mol. The fourth-order valence-electron chi connectivity index (χ4n) is 2.35. The van der Waals surface area contributed by atoms with E-state index in [1.165, 1.54) is 30.5 Å². The molecule has 15 heavy (non-hydrogen) atoms. The summed E-state index contributed by atoms with van der Waals surface area (Å²) in [4.78, 5) is 0. The SMILES string of the molecule is COc1ccc(C2CCCNC2)c(C)c1. The fourth-order valence-corrected chi connectivity index (χ4v) is 2.35. The van der Waals surface area contributed by atoms with Crippen LogP contribution in [0.5, 0.6) is 5.75 Å². The van der Waals surface area contributed by atoms with Gasteiger partial charge in [0.05, 0.1) is 7.11 Å². The highest BCUT2D eigenvalue weighted by Gasteiger charge is 2.16. The van der Waals surface area contributed by atoms with Crippen molar-refractivity contribution in [1.82, 2.24) is 5.32 Å². The molecule has 2 heteroatoms. The van der Waals surface area contributed by atoms with Gasteiger partial charge in [-0.25, -0.2) is 0 Å². The molecule has 0 amide bonds. The molecule has 2 nitrogen and oxygen atoms in total. The molecule has 0 radical (unpaired) electrons. The largest absolute Gasteiger partial charge is 0.497 e. The first-order valence-electron chi connectivity index (χ1n) is 5.66. The minimum atomic E-state index is 0.685. The Hall–Kier alpha value is -1.02. The van der Waals surface area contributed by atoms with Crippen molar-refractivity contribution in [2.24, 2.45) is 0 Å². The predicted octanol–water partition coefficient (Wildman–Crippen LogP) is 2.47. The first-order valence-corrected chi connectivity index (χ1v) is 5.66. The van der Waals surface area contributed by atoms with Crippen molar-refractivity contribution in [3.05, 3.63) is 29.3 Å². The number of benzene rings is 1. The van der Waals surface area contributed by atoms with Crippen molar-refractivity contribution in [1.29, 1.82) is 0 Å². The van der Waals surface area contributed by atoms with E-state index in [9.17, 15) is 0 Å². The topological polar surface area (TPSA) is 21.3 Å². The quantitative estimate of drug-likeness (QED) is 0.801. The average molecular weight is 205 g/mol. The maximum atomic E-state index is 5.22. The van der Waals surface area contributed by atoms with E-state index in [1.807, 2.05) is 0 Å². The average Bonchev–Trinajstić information content (AvgIpc) is 2.30. The Morgan fingerprint density at radius 3 is 2.87 bits per heavy atom. The zero-order valence-electron chi connectivity index (χ0n) is 9.55. The molecule has 1 aliphatic heterocycles. The zero-order chi connectivity index (χ0) is 10.7. The summed E-state index contributed by atoms with van der Waals surface area (Å²) in [5.74, 6) is 1.64. The molecule has 1 aliphatic rings. The number of ether oxygens (including phenoxy) is 1. The lowest BCUT2D eigenvalue weighted by atomic mass is 9.89. The van der Waals surface area contributed by atoms with Gasteiger partial charge in [0.25, 0.3) is 0 Å². The van der Waals surface area contributed by atoms with Crippen LogP contribution in [0.1, 0.15) is 29.9 Å². The molecule has 1 aromatic rings. The van der Waals surface area contributed by atoms with Gasteiger partial charge in [0.15, 0.2) is 0 Å². The van der Waals surface area contributed by atoms with Crippen LogP contribution >= 0.6 is 0 Å². The van der Waals surface area contributed by atoms with Crippen LogP contribution in [0, 0.1) is 6.92 Å². The van der Waals surface area contributed by atoms with E-state index >= 15 is 0 Å². The lowest BCUT2D eigenvalue weighted by Gasteiger charge is -2.24. The lowest BCUT2D eigenvalue weighted by Crippen LogP contribution is -2.28. The maximum Gasteiger partial charge on any atom is 0.119 e. The van der Waals surface area contributed by atoms with Crippen molar-refractivity contribution < 1.29 is 4.74 Å². The molecular weight excluding hydrogens is 186 g/mol. The number of piperidine rings is 1. The van der Waals surface area contributed by atoms with Crippen LogP contribution in [0.2, 0.25) is 0 Å². The molecule has 0 bridgehead atoms. The Morgan fingerprint density at radius 2 is 2.27 bits per heavy atom. The van der Waals surface area contributed by atoms with Gasteiger partial charge in [-0.05, 0) is 55.5 Å². The van der Waals surface area contributed by atoms with E-state index in [1.54, 1.807) is 7.11 Å². The van der Waals surface area contributed by atoms with Crippen LogP contribution in [0.15, 0.2) is 18.2 Å². The third kappa shape index (κ3) is 2.32. The summed E-state index contributed by atoms with van der Waals surface area (Å²) >= 11 is 0. The van der Waals surface area contributed by atoms with Crippen LogP contribution < -0.4 is 10.1 Å². The second-order valence-corrected chi connectivity index (χ2v) is 4.27. The first kappa shape index (κ1) is 10.5. The van der Waals surface area contributed by atoms with Gasteiger partial charge in [-0.2, -0.15) is 0 Å². The fraction of sp³-hybridized carbons (Fsp3) is 0.538. The highest BCUT2D eigenvalue weighted by atomic mass is 16.5. The van der Waals surface area contributed by atoms with Crippen LogP contribution in [-0.4, -0.2) is 20.2 Å². The minimum Gasteiger partial charge on any atom is -0.497 e. The van der Waals surface area contributed by atoms with E-state index in [0.717, 1.165) is 12.3 Å². The Bertz CT molecular complexity index is 329. The number of nitrogens with one attached hydrogen (secondary N) is 1. The Morgan fingerprint density at radius 1 is 1.40 bits per heavy atom. The summed E-state index contributed by atoms with van der Waals surface area (Å²) in [5, 5.41) is 3.46. The Kier molecular flexibility index (Phi) is 3.27. The second-order valence-electron chi connectivity index (χ2n) is 4.27. The van der Waals surface area contributed by atoms with E-state index in [0.29, 0.717) is 5.92 Å². The second kappa shape index (κ2) is 4.67. The molecule has 1 aromatic carbocycles. The molecule has 1 atom stereocenters. The molecule has 1 N–H and O–H groups in total. The summed E-state index contributed by atoms with van der Waals surface area (Å²) in [6.07, 6.45) is 2.59. The van der Waals surface area contributed by atoms with Crippen LogP contribution in [0.25, 0.3) is 0 Å². The molecule has 1 heterocycles. The van der Waals surface area contributed by atoms with Crippen molar-refractivity contribution in [2.45, 2.75) is 25.7 Å². The van der Waals surface area contributed by atoms with E-state index < -0.39 is 0 Å². The summed E-state index contributed by atoms with van der Waals surface area (Å²) < 4.78 is 5.22. The van der Waals surface area contributed by atoms with Crippen LogP contribution in [0.4, 0.5) is 0 Å². The standard InChI is InChI=1S/C13H19NO/c1-10-8-12(15-2)5-6-13(10)11-4-3-7-14-9-11/h5-6,8,11,14H,3-4,7,9H2,1-2H3. The highest BCUT2D eigenvalue weighted by molar-refractivity contribution is 5.37. The number of aryl methyl sites for hydroxylation is 1. The van der Waals surface area contributed by atoms with E-state index in [4.69, 9.17) is 4.74 Å². The lowest BCUT2D eigenvalue weighted by molar-refractivity contribution is 0.413. The molecule has 2 rings (SSSR count). The Balaban J connectivity index is 2.19. The van der Waals surface area contributed by atoms with Gasteiger partial charge < -0.3 is 10.1 Å². The van der Waals surface area contributed by atoms with E-state index in [2.05, 4.69) is 30.4 Å². The van der Waals surface area contributed by atoms with Gasteiger partial charge in [0.1, 0.15) is 5.75 Å². The molecule has 1 unspecified atom stereocenters. The molecule has 0 aliphatic carbocycles. The van der Waals surface area contributed by atoms with Crippen LogP contribution in [-0.2, 0) is 0 Å². The van der Waals surface area contributed by atoms with Crippen molar-refractivity contribution in [2.75, 3.05) is 20.2 Å². The third-order valence-corrected chi connectivity index (χ3v) is 3.21. The molecule has 1 saturated heterocycles. The predicted molar refractivity (Wildman–Crippen MR) is 62.6 cm³/mol. The van der Waals surface area contributed by atoms with Crippen LogP contribution in [0.3, 0.4) is 0 Å². The summed E-state index contributed by atoms with van der Waals surface area (Å²) in [5.41, 5.74) is 2.83. The van der Waals surface area contributed by atoms with E-state index in [-0.39, 0.29) is 0 Å². The maximum absolute atomic E-state index is 5.22. The van der Waals surface area contributed by atoms with Gasteiger partial charge in [0.2, 0.25) is 0 Å². The molecular formula is C13H19NO. The van der Waals surface area contributed by atoms with Crippen molar-refractivity contribution >= 4 is 0 Å². The summed E-state index contributed by atoms with van der Waals surface area (Å²) in [7, 11) is 1.72. The minimum absolute atomic E-state index is 0.685. The number of rotatable bonds is 2. The first-order chi connectivity index (χ1) is 7.31. The summed E-state index contributed by atoms with van der Waals surface area (Å²) in [6, 6.07) is 6.41.